The second-order valence-electron chi connectivity index (χ2n) is 16.0. The Bertz CT molecular complexity index is 2860. The molecule has 2 fully saturated rings. The van der Waals surface area contributed by atoms with E-state index < -0.39 is 11.9 Å². The highest BCUT2D eigenvalue weighted by atomic mass is 16.7. The molecule has 0 aliphatic carbocycles. The number of pyridine rings is 2. The molecule has 8 heterocycles. The van der Waals surface area contributed by atoms with E-state index in [1.165, 1.54) is 0 Å². The van der Waals surface area contributed by atoms with Crippen molar-refractivity contribution in [2.75, 3.05) is 65.7 Å². The van der Waals surface area contributed by atoms with Gasteiger partial charge in [-0.1, -0.05) is 65.5 Å². The fraction of sp³-hybridized carbons (Fsp3) is 0.333. The van der Waals surface area contributed by atoms with Crippen molar-refractivity contribution in [1.82, 2.24) is 59.2 Å². The SMILES string of the molecule is Cc1c(C(=O)O)cc(-c2ccccc2)n1CCCN1CCOCC1.Cc1c(C(=O)On2nnc3cccnc32)cc(-c2ccccc2)n1CCCN1CCOCC1.On1nnc2cccnc21. The van der Waals surface area contributed by atoms with Crippen molar-refractivity contribution in [1.29, 1.82) is 0 Å². The second-order valence-corrected chi connectivity index (χ2v) is 16.0. The van der Waals surface area contributed by atoms with Crippen molar-refractivity contribution in [3.8, 4) is 22.5 Å². The number of nitrogens with zero attached hydrogens (tertiary/aromatic N) is 12. The molecule has 6 aromatic heterocycles. The van der Waals surface area contributed by atoms with Gasteiger partial charge in [-0.25, -0.2) is 19.6 Å². The second kappa shape index (κ2) is 22.2. The molecule has 8 aromatic rings. The summed E-state index contributed by atoms with van der Waals surface area (Å²) in [4.78, 5) is 44.8. The van der Waals surface area contributed by atoms with Crippen LogP contribution in [0, 0.1) is 13.8 Å². The Labute approximate surface area is 386 Å². The maximum absolute atomic E-state index is 13.1. The molecule has 0 unspecified atom stereocenters. The number of fused-ring (bicyclic) bond motifs is 2. The fourth-order valence-corrected chi connectivity index (χ4v) is 8.23. The Morgan fingerprint density at radius 1 is 0.612 bits per heavy atom. The summed E-state index contributed by atoms with van der Waals surface area (Å²) in [6.45, 7) is 14.6. The quantitative estimate of drug-likeness (QED) is 0.108. The lowest BCUT2D eigenvalue weighted by molar-refractivity contribution is 0.0368. The zero-order chi connectivity index (χ0) is 46.5. The van der Waals surface area contributed by atoms with E-state index in [1.54, 1.807) is 42.7 Å². The van der Waals surface area contributed by atoms with E-state index in [9.17, 15) is 14.7 Å². The lowest BCUT2D eigenvalue weighted by Crippen LogP contribution is -2.37. The van der Waals surface area contributed by atoms with Crippen LogP contribution in [0.4, 0.5) is 0 Å². The van der Waals surface area contributed by atoms with Gasteiger partial charge in [-0.3, -0.25) is 9.80 Å². The average molecular weight is 911 g/mol. The Morgan fingerprint density at radius 2 is 1.09 bits per heavy atom. The molecule has 2 aliphatic rings. The number of carboxylic acid groups (broad SMARTS) is 1. The van der Waals surface area contributed by atoms with Crippen LogP contribution < -0.4 is 4.84 Å². The molecule has 0 spiro atoms. The number of benzene rings is 2. The molecule has 0 saturated carbocycles. The van der Waals surface area contributed by atoms with Crippen molar-refractivity contribution in [2.24, 2.45) is 0 Å². The number of rotatable bonds is 13. The number of carbonyl (C=O) groups excluding carboxylic acids is 1. The molecule has 2 aromatic carbocycles. The summed E-state index contributed by atoms with van der Waals surface area (Å²) in [7, 11) is 0. The molecule has 19 heteroatoms. The van der Waals surface area contributed by atoms with Crippen molar-refractivity contribution in [3.05, 3.63) is 132 Å². The predicted octanol–water partition coefficient (Wildman–Crippen LogP) is 5.54. The molecule has 0 amide bonds. The number of aromatic nitrogens is 10. The first-order chi connectivity index (χ1) is 32.7. The van der Waals surface area contributed by atoms with E-state index in [0.29, 0.717) is 38.3 Å². The van der Waals surface area contributed by atoms with Crippen LogP contribution in [0.2, 0.25) is 0 Å². The van der Waals surface area contributed by atoms with Gasteiger partial charge < -0.3 is 33.8 Å². The van der Waals surface area contributed by atoms with E-state index in [0.717, 1.165) is 130 Å². The molecule has 67 heavy (non-hydrogen) atoms. The normalized spacial score (nSPS) is 14.3. The monoisotopic (exact) mass is 910 g/mol. The van der Waals surface area contributed by atoms with Gasteiger partial charge >= 0.3 is 11.9 Å². The first kappa shape index (κ1) is 46.2. The number of morpholine rings is 2. The van der Waals surface area contributed by atoms with Crippen LogP contribution in [0.15, 0.2) is 109 Å². The summed E-state index contributed by atoms with van der Waals surface area (Å²) in [6.07, 6.45) is 5.15. The van der Waals surface area contributed by atoms with Crippen molar-refractivity contribution in [2.45, 2.75) is 39.8 Å². The zero-order valence-electron chi connectivity index (χ0n) is 37.6. The van der Waals surface area contributed by atoms with Gasteiger partial charge in [0.15, 0.2) is 0 Å². The van der Waals surface area contributed by atoms with Gasteiger partial charge in [-0.15, -0.1) is 10.2 Å². The van der Waals surface area contributed by atoms with Crippen LogP contribution in [0.1, 0.15) is 44.9 Å². The summed E-state index contributed by atoms with van der Waals surface area (Å²) < 4.78 is 15.2. The molecule has 0 atom stereocenters. The minimum absolute atomic E-state index is 0.377. The molecule has 10 rings (SSSR count). The number of hydrogen-bond acceptors (Lipinski definition) is 14. The highest BCUT2D eigenvalue weighted by molar-refractivity contribution is 5.93. The molecule has 348 valence electrons. The van der Waals surface area contributed by atoms with E-state index in [4.69, 9.17) is 19.5 Å². The first-order valence-corrected chi connectivity index (χ1v) is 22.3. The molecule has 0 radical (unpaired) electrons. The lowest BCUT2D eigenvalue weighted by Gasteiger charge is -2.26. The summed E-state index contributed by atoms with van der Waals surface area (Å²) in [5, 5.41) is 33.2. The zero-order valence-corrected chi connectivity index (χ0v) is 37.6. The van der Waals surface area contributed by atoms with E-state index in [-0.39, 0.29) is 0 Å². The van der Waals surface area contributed by atoms with Gasteiger partial charge in [-0.2, -0.15) is 0 Å². The summed E-state index contributed by atoms with van der Waals surface area (Å²) in [6, 6.07) is 30.8. The minimum Gasteiger partial charge on any atom is -0.478 e. The third kappa shape index (κ3) is 11.4. The molecule has 0 bridgehead atoms. The average Bonchev–Trinajstić information content (AvgIpc) is 4.14. The number of aromatic carboxylic acids is 1. The number of hydrogen-bond donors (Lipinski definition) is 2. The van der Waals surface area contributed by atoms with Gasteiger partial charge in [-0.05, 0) is 89.5 Å². The Kier molecular flexibility index (Phi) is 15.3. The van der Waals surface area contributed by atoms with Crippen LogP contribution in [0.5, 0.6) is 0 Å². The third-order valence-corrected chi connectivity index (χ3v) is 11.8. The Morgan fingerprint density at radius 3 is 1.61 bits per heavy atom. The number of carbonyl (C=O) groups is 2. The Hall–Kier alpha value is -7.32. The lowest BCUT2D eigenvalue weighted by atomic mass is 10.1. The van der Waals surface area contributed by atoms with Crippen molar-refractivity contribution in [3.63, 3.8) is 0 Å². The topological polar surface area (TPSA) is 206 Å². The standard InChI is InChI=1S/C24H26N6O3.C19H24N2O3.C5H4N4O/c1-18-20(24(31)33-30-23-21(26-27-30)9-5-10-25-23)17-22(19-7-3-2-4-8-19)29(18)12-6-11-28-13-15-32-16-14-28;1-15-17(19(22)23)14-18(16-6-3-2-4-7-16)21(15)9-5-8-20-10-12-24-13-11-20;10-9-5-4(7-8-9)2-1-3-6-5/h2-5,7-10,17H,6,11-16H2,1H3;2-4,6-7,14H,5,8-13H2,1H3,(H,22,23);1-3,10H. The fourth-order valence-electron chi connectivity index (χ4n) is 8.23. The van der Waals surface area contributed by atoms with Gasteiger partial charge in [0.2, 0.25) is 11.3 Å². The van der Waals surface area contributed by atoms with E-state index >= 15 is 0 Å². The van der Waals surface area contributed by atoms with E-state index in [1.807, 2.05) is 68.4 Å². The highest BCUT2D eigenvalue weighted by Crippen LogP contribution is 2.28. The van der Waals surface area contributed by atoms with Gasteiger partial charge in [0, 0.05) is 87.5 Å². The van der Waals surface area contributed by atoms with Gasteiger partial charge in [0.25, 0.3) is 0 Å². The van der Waals surface area contributed by atoms with Gasteiger partial charge in [0.1, 0.15) is 11.0 Å². The largest absolute Gasteiger partial charge is 0.478 e. The summed E-state index contributed by atoms with van der Waals surface area (Å²) in [5.41, 5.74) is 8.58. The maximum atomic E-state index is 13.1. The Balaban J connectivity index is 0.000000155. The van der Waals surface area contributed by atoms with Crippen LogP contribution >= 0.6 is 0 Å². The number of carboxylic acids is 1. The van der Waals surface area contributed by atoms with Crippen LogP contribution in [0.25, 0.3) is 44.8 Å². The van der Waals surface area contributed by atoms with Crippen molar-refractivity contribution < 1.29 is 34.2 Å². The first-order valence-electron chi connectivity index (χ1n) is 22.3. The molecular formula is C48H54N12O7. The molecule has 19 nitrogen and oxygen atoms in total. The number of ether oxygens (including phenoxy) is 2. The maximum Gasteiger partial charge on any atom is 0.367 e. The highest BCUT2D eigenvalue weighted by Gasteiger charge is 2.23. The molecule has 2 saturated heterocycles. The molecule has 2 N–H and O–H groups in total. The van der Waals surface area contributed by atoms with Crippen molar-refractivity contribution >= 4 is 34.3 Å². The summed E-state index contributed by atoms with van der Waals surface area (Å²) >= 11 is 0. The third-order valence-electron chi connectivity index (χ3n) is 11.8. The smallest absolute Gasteiger partial charge is 0.367 e. The minimum atomic E-state index is -0.864. The predicted molar refractivity (Wildman–Crippen MR) is 249 cm³/mol. The van der Waals surface area contributed by atoms with Crippen LogP contribution in [-0.4, -0.2) is 147 Å². The molecular weight excluding hydrogens is 857 g/mol. The van der Waals surface area contributed by atoms with Gasteiger partial charge in [0.05, 0.1) is 37.6 Å². The molecule has 2 aliphatic heterocycles. The van der Waals surface area contributed by atoms with E-state index in [2.05, 4.69) is 61.7 Å². The van der Waals surface area contributed by atoms with Crippen LogP contribution in [-0.2, 0) is 22.6 Å². The summed E-state index contributed by atoms with van der Waals surface area (Å²) in [5.74, 6) is -1.36. The van der Waals surface area contributed by atoms with Crippen LogP contribution in [0.3, 0.4) is 0 Å².